The first-order valence-electron chi connectivity index (χ1n) is 6.70. The molecule has 3 unspecified atom stereocenters. The summed E-state index contributed by atoms with van der Waals surface area (Å²) in [6, 6.07) is 0.376. The fraction of sp³-hybridized carbons (Fsp3) is 0.846. The Morgan fingerprint density at radius 1 is 1.47 bits per heavy atom. The minimum atomic E-state index is 0.376. The Bertz CT molecular complexity index is 358. The third-order valence-corrected chi connectivity index (χ3v) is 3.97. The van der Waals surface area contributed by atoms with Crippen molar-refractivity contribution in [1.82, 2.24) is 14.8 Å². The second kappa shape index (κ2) is 5.17. The van der Waals surface area contributed by atoms with Crippen molar-refractivity contribution >= 4 is 0 Å². The topological polar surface area (TPSA) is 56.7 Å². The molecule has 1 aliphatic carbocycles. The van der Waals surface area contributed by atoms with Gasteiger partial charge in [-0.3, -0.25) is 0 Å². The molecule has 1 aromatic rings. The molecule has 0 spiro atoms. The maximum Gasteiger partial charge on any atom is 0.138 e. The van der Waals surface area contributed by atoms with Gasteiger partial charge in [-0.15, -0.1) is 0 Å². The van der Waals surface area contributed by atoms with Gasteiger partial charge in [0.1, 0.15) is 12.2 Å². The van der Waals surface area contributed by atoms with Crippen molar-refractivity contribution in [3.8, 4) is 0 Å². The summed E-state index contributed by atoms with van der Waals surface area (Å²) in [4.78, 5) is 4.40. The van der Waals surface area contributed by atoms with Crippen LogP contribution in [0.4, 0.5) is 0 Å². The molecule has 0 radical (unpaired) electrons. The van der Waals surface area contributed by atoms with Gasteiger partial charge in [0.05, 0.1) is 0 Å². The zero-order valence-corrected chi connectivity index (χ0v) is 11.1. The number of rotatable bonds is 4. The number of nitrogens with two attached hydrogens (primary N) is 1. The minimum Gasteiger partial charge on any atom is -0.327 e. The van der Waals surface area contributed by atoms with E-state index in [2.05, 4.69) is 35.5 Å². The normalized spacial score (nSPS) is 29.1. The molecule has 1 saturated carbocycles. The molecule has 3 atom stereocenters. The SMILES string of the molecule is CC(C)Cn1ncnc1CC1CCC(N)C1C. The predicted octanol–water partition coefficient (Wildman–Crippen LogP) is 1.85. The van der Waals surface area contributed by atoms with Gasteiger partial charge < -0.3 is 5.73 Å². The van der Waals surface area contributed by atoms with Gasteiger partial charge in [-0.05, 0) is 30.6 Å². The van der Waals surface area contributed by atoms with Crippen molar-refractivity contribution in [2.24, 2.45) is 23.5 Å². The Morgan fingerprint density at radius 3 is 2.82 bits per heavy atom. The molecule has 4 heteroatoms. The fourth-order valence-electron chi connectivity index (χ4n) is 2.75. The molecule has 1 heterocycles. The van der Waals surface area contributed by atoms with E-state index in [1.165, 1.54) is 6.42 Å². The monoisotopic (exact) mass is 236 g/mol. The molecule has 0 amide bonds. The van der Waals surface area contributed by atoms with Gasteiger partial charge in [0.2, 0.25) is 0 Å². The average Bonchev–Trinajstić information content (AvgIpc) is 2.80. The molecule has 1 fully saturated rings. The van der Waals surface area contributed by atoms with E-state index in [-0.39, 0.29) is 0 Å². The summed E-state index contributed by atoms with van der Waals surface area (Å²) in [6.45, 7) is 7.65. The Kier molecular flexibility index (Phi) is 3.82. The van der Waals surface area contributed by atoms with E-state index >= 15 is 0 Å². The Labute approximate surface area is 104 Å². The summed E-state index contributed by atoms with van der Waals surface area (Å²) in [5, 5.41) is 4.32. The summed E-state index contributed by atoms with van der Waals surface area (Å²) < 4.78 is 2.06. The fourth-order valence-corrected chi connectivity index (χ4v) is 2.75. The van der Waals surface area contributed by atoms with Gasteiger partial charge in [-0.2, -0.15) is 5.10 Å². The molecule has 17 heavy (non-hydrogen) atoms. The smallest absolute Gasteiger partial charge is 0.138 e. The van der Waals surface area contributed by atoms with E-state index in [1.807, 2.05) is 0 Å². The largest absolute Gasteiger partial charge is 0.327 e. The van der Waals surface area contributed by atoms with Crippen LogP contribution in [0.15, 0.2) is 6.33 Å². The average molecular weight is 236 g/mol. The molecule has 2 N–H and O–H groups in total. The first-order valence-corrected chi connectivity index (χ1v) is 6.70. The van der Waals surface area contributed by atoms with E-state index in [9.17, 15) is 0 Å². The summed E-state index contributed by atoms with van der Waals surface area (Å²) in [6.07, 6.45) is 5.10. The van der Waals surface area contributed by atoms with Gasteiger partial charge in [-0.1, -0.05) is 20.8 Å². The summed E-state index contributed by atoms with van der Waals surface area (Å²) in [7, 11) is 0. The van der Waals surface area contributed by atoms with Crippen LogP contribution in [0.3, 0.4) is 0 Å². The van der Waals surface area contributed by atoms with Crippen LogP contribution in [0.1, 0.15) is 39.4 Å². The van der Waals surface area contributed by atoms with Crippen molar-refractivity contribution in [3.63, 3.8) is 0 Å². The van der Waals surface area contributed by atoms with Crippen molar-refractivity contribution in [1.29, 1.82) is 0 Å². The van der Waals surface area contributed by atoms with E-state index in [0.29, 0.717) is 23.8 Å². The van der Waals surface area contributed by atoms with Crippen LogP contribution < -0.4 is 5.73 Å². The van der Waals surface area contributed by atoms with Gasteiger partial charge in [-0.25, -0.2) is 9.67 Å². The molecule has 2 rings (SSSR count). The van der Waals surface area contributed by atoms with Crippen molar-refractivity contribution < 1.29 is 0 Å². The van der Waals surface area contributed by atoms with Gasteiger partial charge in [0.25, 0.3) is 0 Å². The molecular formula is C13H24N4. The second-order valence-corrected chi connectivity index (χ2v) is 5.82. The lowest BCUT2D eigenvalue weighted by Gasteiger charge is -2.18. The zero-order valence-electron chi connectivity index (χ0n) is 11.1. The van der Waals surface area contributed by atoms with Gasteiger partial charge >= 0.3 is 0 Å². The van der Waals surface area contributed by atoms with E-state index < -0.39 is 0 Å². The molecule has 0 saturated heterocycles. The third-order valence-electron chi connectivity index (χ3n) is 3.97. The lowest BCUT2D eigenvalue weighted by molar-refractivity contribution is 0.369. The quantitative estimate of drug-likeness (QED) is 0.868. The highest BCUT2D eigenvalue weighted by Crippen LogP contribution is 2.32. The molecule has 0 aromatic carbocycles. The molecular weight excluding hydrogens is 212 g/mol. The molecule has 96 valence electrons. The Balaban J connectivity index is 2.01. The maximum atomic E-state index is 6.07. The molecule has 0 bridgehead atoms. The van der Waals surface area contributed by atoms with Crippen LogP contribution in [0.2, 0.25) is 0 Å². The van der Waals surface area contributed by atoms with Crippen molar-refractivity contribution in [2.45, 2.75) is 52.6 Å². The zero-order chi connectivity index (χ0) is 12.4. The predicted molar refractivity (Wildman–Crippen MR) is 68.4 cm³/mol. The van der Waals surface area contributed by atoms with Crippen LogP contribution in [-0.4, -0.2) is 20.8 Å². The van der Waals surface area contributed by atoms with E-state index in [1.54, 1.807) is 6.33 Å². The van der Waals surface area contributed by atoms with Crippen LogP contribution in [0.5, 0.6) is 0 Å². The number of hydrogen-bond donors (Lipinski definition) is 1. The lowest BCUT2D eigenvalue weighted by atomic mass is 9.93. The summed E-state index contributed by atoms with van der Waals surface area (Å²) in [5.74, 6) is 3.03. The molecule has 1 aromatic heterocycles. The van der Waals surface area contributed by atoms with Crippen LogP contribution in [-0.2, 0) is 13.0 Å². The van der Waals surface area contributed by atoms with Crippen LogP contribution in [0, 0.1) is 17.8 Å². The lowest BCUT2D eigenvalue weighted by Crippen LogP contribution is -2.26. The maximum absolute atomic E-state index is 6.07. The first kappa shape index (κ1) is 12.6. The van der Waals surface area contributed by atoms with E-state index in [0.717, 1.165) is 25.2 Å². The number of hydrogen-bond acceptors (Lipinski definition) is 3. The van der Waals surface area contributed by atoms with Gasteiger partial charge in [0.15, 0.2) is 0 Å². The summed E-state index contributed by atoms with van der Waals surface area (Å²) >= 11 is 0. The molecule has 4 nitrogen and oxygen atoms in total. The highest BCUT2D eigenvalue weighted by atomic mass is 15.3. The van der Waals surface area contributed by atoms with Crippen LogP contribution in [0.25, 0.3) is 0 Å². The number of nitrogens with zero attached hydrogens (tertiary/aromatic N) is 3. The second-order valence-electron chi connectivity index (χ2n) is 5.82. The standard InChI is InChI=1S/C13H24N4/c1-9(2)7-17-13(15-8-16-17)6-11-4-5-12(14)10(11)3/h8-12H,4-7,14H2,1-3H3. The third kappa shape index (κ3) is 2.86. The Hall–Kier alpha value is -0.900. The Morgan fingerprint density at radius 2 is 2.24 bits per heavy atom. The highest BCUT2D eigenvalue weighted by Gasteiger charge is 2.31. The first-order chi connectivity index (χ1) is 8.08. The van der Waals surface area contributed by atoms with Gasteiger partial charge in [0, 0.05) is 19.0 Å². The van der Waals surface area contributed by atoms with E-state index in [4.69, 9.17) is 5.73 Å². The van der Waals surface area contributed by atoms with Crippen LogP contribution >= 0.6 is 0 Å². The minimum absolute atomic E-state index is 0.376. The highest BCUT2D eigenvalue weighted by molar-refractivity contribution is 4.94. The molecule has 0 aliphatic heterocycles. The van der Waals surface area contributed by atoms with Crippen molar-refractivity contribution in [3.05, 3.63) is 12.2 Å². The van der Waals surface area contributed by atoms with Crippen molar-refractivity contribution in [2.75, 3.05) is 0 Å². The molecule has 1 aliphatic rings. The summed E-state index contributed by atoms with van der Waals surface area (Å²) in [5.41, 5.74) is 6.07. The number of aromatic nitrogens is 3.